The van der Waals surface area contributed by atoms with Crippen LogP contribution in [0.4, 0.5) is 4.39 Å². The Morgan fingerprint density at radius 2 is 1.79 bits per heavy atom. The first-order chi connectivity index (χ1) is 11.5. The average molecular weight is 329 g/mol. The first-order valence-corrected chi connectivity index (χ1v) is 8.11. The number of hydrogen-bond acceptors (Lipinski definition) is 3. The highest BCUT2D eigenvalue weighted by molar-refractivity contribution is 5.95. The predicted octanol–water partition coefficient (Wildman–Crippen LogP) is 3.23. The van der Waals surface area contributed by atoms with Crippen LogP contribution in [0.5, 0.6) is 5.75 Å². The number of hydrogen-bond donors (Lipinski definition) is 3. The monoisotopic (exact) mass is 329 g/mol. The molecule has 126 valence electrons. The zero-order valence-corrected chi connectivity index (χ0v) is 13.2. The number of aliphatic hydroxyl groups is 1. The van der Waals surface area contributed by atoms with E-state index in [-0.39, 0.29) is 18.1 Å². The van der Waals surface area contributed by atoms with Crippen LogP contribution in [0.3, 0.4) is 0 Å². The summed E-state index contributed by atoms with van der Waals surface area (Å²) in [4.78, 5) is 12.4. The molecular formula is C19H20FNO3. The van der Waals surface area contributed by atoms with E-state index in [1.54, 1.807) is 30.3 Å². The number of carbonyl (C=O) groups is 1. The van der Waals surface area contributed by atoms with Gasteiger partial charge in [-0.05, 0) is 49.4 Å². The summed E-state index contributed by atoms with van der Waals surface area (Å²) < 4.78 is 13.5. The molecule has 0 heterocycles. The van der Waals surface area contributed by atoms with Crippen LogP contribution in [0.2, 0.25) is 0 Å². The van der Waals surface area contributed by atoms with Gasteiger partial charge < -0.3 is 15.5 Å². The number of rotatable bonds is 3. The number of phenolic OH excluding ortho intramolecular Hbond substituents is 1. The normalized spacial score (nSPS) is 20.6. The third-order valence-corrected chi connectivity index (χ3v) is 4.45. The van der Waals surface area contributed by atoms with Gasteiger partial charge in [0.2, 0.25) is 0 Å². The van der Waals surface area contributed by atoms with Gasteiger partial charge in [-0.3, -0.25) is 4.79 Å². The molecule has 1 fully saturated rings. The third-order valence-electron chi connectivity index (χ3n) is 4.45. The van der Waals surface area contributed by atoms with Crippen molar-refractivity contribution in [2.45, 2.75) is 37.8 Å². The van der Waals surface area contributed by atoms with Gasteiger partial charge in [0, 0.05) is 17.2 Å². The summed E-state index contributed by atoms with van der Waals surface area (Å²) in [6, 6.07) is 11.1. The molecule has 0 bridgehead atoms. The van der Waals surface area contributed by atoms with E-state index in [4.69, 9.17) is 0 Å². The number of carbonyl (C=O) groups excluding carboxylic acids is 1. The molecular weight excluding hydrogens is 309 g/mol. The lowest BCUT2D eigenvalue weighted by atomic mass is 9.93. The lowest BCUT2D eigenvalue weighted by molar-refractivity contribution is 0.0867. The summed E-state index contributed by atoms with van der Waals surface area (Å²) in [5.41, 5.74) is 1.39. The Kier molecular flexibility index (Phi) is 4.81. The lowest BCUT2D eigenvalue weighted by Gasteiger charge is -2.26. The van der Waals surface area contributed by atoms with Gasteiger partial charge in [0.1, 0.15) is 0 Å². The molecule has 5 heteroatoms. The van der Waals surface area contributed by atoms with Crippen LogP contribution < -0.4 is 5.32 Å². The van der Waals surface area contributed by atoms with E-state index in [1.165, 1.54) is 12.1 Å². The maximum absolute atomic E-state index is 13.5. The molecule has 0 radical (unpaired) electrons. The van der Waals surface area contributed by atoms with Crippen molar-refractivity contribution in [1.82, 2.24) is 5.32 Å². The van der Waals surface area contributed by atoms with Gasteiger partial charge in [0.05, 0.1) is 6.10 Å². The third kappa shape index (κ3) is 3.57. The molecule has 1 amide bonds. The Hall–Kier alpha value is -2.40. The zero-order chi connectivity index (χ0) is 17.1. The van der Waals surface area contributed by atoms with Crippen molar-refractivity contribution in [1.29, 1.82) is 0 Å². The molecule has 1 aliphatic rings. The van der Waals surface area contributed by atoms with Crippen LogP contribution in [0, 0.1) is 5.82 Å². The topological polar surface area (TPSA) is 69.6 Å². The Bertz CT molecular complexity index is 739. The fraction of sp³-hybridized carbons (Fsp3) is 0.316. The van der Waals surface area contributed by atoms with E-state index in [2.05, 4.69) is 5.32 Å². The number of nitrogens with one attached hydrogen (secondary N) is 1. The van der Waals surface area contributed by atoms with Crippen LogP contribution in [0.1, 0.15) is 36.0 Å². The number of aliphatic hydroxyl groups excluding tert-OH is 1. The minimum atomic E-state index is -0.692. The first-order valence-electron chi connectivity index (χ1n) is 8.11. The van der Waals surface area contributed by atoms with Crippen LogP contribution in [-0.2, 0) is 0 Å². The number of aromatic hydroxyl groups is 1. The zero-order valence-electron chi connectivity index (χ0n) is 13.2. The SMILES string of the molecule is O=C(NC1CCC(O)CC1)c1cccc(-c2cccc(F)c2O)c1. The number of halogens is 1. The number of benzene rings is 2. The van der Waals surface area contributed by atoms with Gasteiger partial charge in [0.25, 0.3) is 5.91 Å². The van der Waals surface area contributed by atoms with Crippen molar-refractivity contribution in [2.75, 3.05) is 0 Å². The van der Waals surface area contributed by atoms with E-state index >= 15 is 0 Å². The fourth-order valence-electron chi connectivity index (χ4n) is 3.07. The largest absolute Gasteiger partial charge is 0.504 e. The Labute approximate surface area is 140 Å². The van der Waals surface area contributed by atoms with Crippen molar-refractivity contribution in [3.05, 3.63) is 53.8 Å². The fourth-order valence-corrected chi connectivity index (χ4v) is 3.07. The number of phenols is 1. The molecule has 24 heavy (non-hydrogen) atoms. The van der Waals surface area contributed by atoms with Crippen molar-refractivity contribution in [2.24, 2.45) is 0 Å². The van der Waals surface area contributed by atoms with Crippen molar-refractivity contribution in [3.63, 3.8) is 0 Å². The average Bonchev–Trinajstić information content (AvgIpc) is 2.59. The van der Waals surface area contributed by atoms with Gasteiger partial charge in [-0.25, -0.2) is 4.39 Å². The molecule has 0 aromatic heterocycles. The van der Waals surface area contributed by atoms with E-state index in [9.17, 15) is 19.4 Å². The van der Waals surface area contributed by atoms with Gasteiger partial charge in [-0.2, -0.15) is 0 Å². The summed E-state index contributed by atoms with van der Waals surface area (Å²) in [7, 11) is 0. The molecule has 0 unspecified atom stereocenters. The standard InChI is InChI=1S/C19H20FNO3/c20-17-6-2-5-16(18(17)23)12-3-1-4-13(11-12)19(24)21-14-7-9-15(22)10-8-14/h1-6,11,14-15,22-23H,7-10H2,(H,21,24). The Balaban J connectivity index is 1.77. The molecule has 4 nitrogen and oxygen atoms in total. The second kappa shape index (κ2) is 7.01. The second-order valence-electron chi connectivity index (χ2n) is 6.20. The highest BCUT2D eigenvalue weighted by Gasteiger charge is 2.21. The summed E-state index contributed by atoms with van der Waals surface area (Å²) in [6.07, 6.45) is 2.65. The Morgan fingerprint density at radius 3 is 2.54 bits per heavy atom. The molecule has 0 saturated heterocycles. The van der Waals surface area contributed by atoms with Crippen LogP contribution >= 0.6 is 0 Å². The van der Waals surface area contributed by atoms with Crippen LogP contribution in [0.15, 0.2) is 42.5 Å². The Morgan fingerprint density at radius 1 is 1.08 bits per heavy atom. The molecule has 0 spiro atoms. The first kappa shape index (κ1) is 16.5. The predicted molar refractivity (Wildman–Crippen MR) is 89.2 cm³/mol. The molecule has 3 N–H and O–H groups in total. The molecule has 3 rings (SSSR count). The van der Waals surface area contributed by atoms with E-state index in [0.717, 1.165) is 12.8 Å². The molecule has 1 saturated carbocycles. The highest BCUT2D eigenvalue weighted by atomic mass is 19.1. The lowest BCUT2D eigenvalue weighted by Crippen LogP contribution is -2.38. The molecule has 0 aliphatic heterocycles. The molecule has 2 aromatic carbocycles. The van der Waals surface area contributed by atoms with Gasteiger partial charge >= 0.3 is 0 Å². The summed E-state index contributed by atoms with van der Waals surface area (Å²) >= 11 is 0. The minimum Gasteiger partial charge on any atom is -0.504 e. The van der Waals surface area contributed by atoms with Crippen LogP contribution in [0.25, 0.3) is 11.1 Å². The van der Waals surface area contributed by atoms with Crippen molar-refractivity contribution in [3.8, 4) is 16.9 Å². The molecule has 0 atom stereocenters. The smallest absolute Gasteiger partial charge is 0.251 e. The van der Waals surface area contributed by atoms with Crippen LogP contribution in [-0.4, -0.2) is 28.3 Å². The van der Waals surface area contributed by atoms with Gasteiger partial charge in [0.15, 0.2) is 11.6 Å². The van der Waals surface area contributed by atoms with Crippen molar-refractivity contribution >= 4 is 5.91 Å². The van der Waals surface area contributed by atoms with E-state index in [1.807, 2.05) is 0 Å². The summed E-state index contributed by atoms with van der Waals surface area (Å²) in [5.74, 6) is -1.31. The van der Waals surface area contributed by atoms with Crippen molar-refractivity contribution < 1.29 is 19.4 Å². The molecule has 2 aromatic rings. The summed E-state index contributed by atoms with van der Waals surface area (Å²) in [5, 5.41) is 22.4. The second-order valence-corrected chi connectivity index (χ2v) is 6.20. The van der Waals surface area contributed by atoms with Gasteiger partial charge in [-0.1, -0.05) is 24.3 Å². The minimum absolute atomic E-state index is 0.0622. The van der Waals surface area contributed by atoms with Gasteiger partial charge in [-0.15, -0.1) is 0 Å². The maximum atomic E-state index is 13.5. The number of amides is 1. The van der Waals surface area contributed by atoms with E-state index in [0.29, 0.717) is 29.5 Å². The highest BCUT2D eigenvalue weighted by Crippen LogP contribution is 2.31. The van der Waals surface area contributed by atoms with E-state index < -0.39 is 11.6 Å². The summed E-state index contributed by atoms with van der Waals surface area (Å²) in [6.45, 7) is 0. The number of para-hydroxylation sites is 1. The molecule has 1 aliphatic carbocycles. The maximum Gasteiger partial charge on any atom is 0.251 e. The quantitative estimate of drug-likeness (QED) is 0.810.